The minimum absolute atomic E-state index is 0.721. The fraction of sp³-hybridized carbons (Fsp3) is 0.409. The van der Waals surface area contributed by atoms with E-state index in [0.717, 1.165) is 18.9 Å². The quantitative estimate of drug-likeness (QED) is 0.802. The molecule has 1 aromatic heterocycles. The normalized spacial score (nSPS) is 15.6. The maximum Gasteiger partial charge on any atom is 0.169 e. The number of nitrogens with one attached hydrogen (secondary N) is 1. The first-order valence-corrected chi connectivity index (χ1v) is 9.47. The summed E-state index contributed by atoms with van der Waals surface area (Å²) in [6.07, 6.45) is 12.6. The lowest BCUT2D eigenvalue weighted by Gasteiger charge is -2.24. The fourth-order valence-corrected chi connectivity index (χ4v) is 3.45. The molecule has 1 aliphatic heterocycles. The second-order valence-corrected chi connectivity index (χ2v) is 6.92. The van der Waals surface area contributed by atoms with Gasteiger partial charge in [0, 0.05) is 17.7 Å². The van der Waals surface area contributed by atoms with Crippen molar-refractivity contribution in [1.29, 1.82) is 0 Å². The van der Waals surface area contributed by atoms with Gasteiger partial charge in [0.05, 0.1) is 19.7 Å². The summed E-state index contributed by atoms with van der Waals surface area (Å²) < 4.78 is 7.92. The van der Waals surface area contributed by atoms with E-state index >= 15 is 0 Å². The van der Waals surface area contributed by atoms with Gasteiger partial charge in [-0.2, -0.15) is 0 Å². The summed E-state index contributed by atoms with van der Waals surface area (Å²) in [5, 5.41) is 0. The third-order valence-electron chi connectivity index (χ3n) is 4.86. The number of hydrogen-bond donors (Lipinski definition) is 1. The van der Waals surface area contributed by atoms with Gasteiger partial charge in [-0.25, -0.2) is 4.57 Å². The maximum absolute atomic E-state index is 5.87. The second kappa shape index (κ2) is 8.82. The Morgan fingerprint density at radius 3 is 2.44 bits per heavy atom. The molecule has 1 saturated heterocycles. The molecule has 1 fully saturated rings. The summed E-state index contributed by atoms with van der Waals surface area (Å²) in [5.74, 6) is 1.05. The number of aryl methyl sites for hydroxylation is 1. The van der Waals surface area contributed by atoms with Crippen molar-refractivity contribution < 1.29 is 14.2 Å². The van der Waals surface area contributed by atoms with Gasteiger partial charge in [-0.15, -0.1) is 0 Å². The van der Waals surface area contributed by atoms with Crippen LogP contribution in [0, 0.1) is 0 Å². The van der Waals surface area contributed by atoms with Gasteiger partial charge in [-0.3, -0.25) is 0 Å². The van der Waals surface area contributed by atoms with Crippen LogP contribution in [-0.4, -0.2) is 19.7 Å². The van der Waals surface area contributed by atoms with E-state index in [9.17, 15) is 0 Å². The highest BCUT2D eigenvalue weighted by Crippen LogP contribution is 2.21. The SMILES string of the molecule is CCOc1ccc(/C=C/c2cc[n+](C)cc2)cc1C[NH+]1CCCCC1. The van der Waals surface area contributed by atoms with Crippen LogP contribution in [0.25, 0.3) is 12.2 Å². The molecule has 0 bridgehead atoms. The van der Waals surface area contributed by atoms with Crippen molar-refractivity contribution in [3.05, 3.63) is 59.4 Å². The van der Waals surface area contributed by atoms with E-state index in [0.29, 0.717) is 0 Å². The molecule has 2 heterocycles. The van der Waals surface area contributed by atoms with Crippen LogP contribution in [0.5, 0.6) is 5.75 Å². The average Bonchev–Trinajstić information content (AvgIpc) is 2.64. The zero-order chi connectivity index (χ0) is 17.5. The van der Waals surface area contributed by atoms with Crippen LogP contribution in [0.4, 0.5) is 0 Å². The van der Waals surface area contributed by atoms with E-state index in [1.165, 1.54) is 49.0 Å². The molecule has 2 aromatic rings. The van der Waals surface area contributed by atoms with Gasteiger partial charge in [0.1, 0.15) is 19.3 Å². The van der Waals surface area contributed by atoms with Crippen LogP contribution < -0.4 is 14.2 Å². The largest absolute Gasteiger partial charge is 0.493 e. The Bertz CT molecular complexity index is 700. The van der Waals surface area contributed by atoms with Crippen LogP contribution in [-0.2, 0) is 13.6 Å². The predicted octanol–water partition coefficient (Wildman–Crippen LogP) is 2.65. The monoisotopic (exact) mass is 338 g/mol. The molecule has 1 N–H and O–H groups in total. The number of aromatic nitrogens is 1. The highest BCUT2D eigenvalue weighted by molar-refractivity contribution is 5.70. The molecular formula is C22H30N2O+2. The molecule has 1 aromatic carbocycles. The third-order valence-corrected chi connectivity index (χ3v) is 4.86. The van der Waals surface area contributed by atoms with Crippen LogP contribution in [0.3, 0.4) is 0 Å². The van der Waals surface area contributed by atoms with E-state index in [-0.39, 0.29) is 0 Å². The molecule has 0 radical (unpaired) electrons. The molecule has 0 unspecified atom stereocenters. The molecule has 3 rings (SSSR count). The van der Waals surface area contributed by atoms with Gasteiger partial charge in [0.15, 0.2) is 12.4 Å². The zero-order valence-electron chi connectivity index (χ0n) is 15.5. The Morgan fingerprint density at radius 1 is 1.00 bits per heavy atom. The minimum Gasteiger partial charge on any atom is -0.493 e. The lowest BCUT2D eigenvalue weighted by atomic mass is 10.1. The Morgan fingerprint density at radius 2 is 1.72 bits per heavy atom. The molecule has 0 spiro atoms. The van der Waals surface area contributed by atoms with Crippen molar-refractivity contribution >= 4 is 12.2 Å². The van der Waals surface area contributed by atoms with Gasteiger partial charge in [-0.05, 0) is 49.4 Å². The number of piperidine rings is 1. The van der Waals surface area contributed by atoms with Crippen LogP contribution in [0.2, 0.25) is 0 Å². The molecule has 132 valence electrons. The third kappa shape index (κ3) is 5.17. The number of likely N-dealkylation sites (tertiary alicyclic amines) is 1. The van der Waals surface area contributed by atoms with Crippen molar-refractivity contribution in [3.63, 3.8) is 0 Å². The topological polar surface area (TPSA) is 17.6 Å². The van der Waals surface area contributed by atoms with E-state index in [1.807, 2.05) is 11.6 Å². The summed E-state index contributed by atoms with van der Waals surface area (Å²) in [6, 6.07) is 10.8. The Balaban J connectivity index is 1.77. The van der Waals surface area contributed by atoms with Gasteiger partial charge < -0.3 is 9.64 Å². The first kappa shape index (κ1) is 17.7. The van der Waals surface area contributed by atoms with Gasteiger partial charge in [0.25, 0.3) is 0 Å². The fourth-order valence-electron chi connectivity index (χ4n) is 3.45. The van der Waals surface area contributed by atoms with Gasteiger partial charge in [-0.1, -0.05) is 18.2 Å². The number of hydrogen-bond acceptors (Lipinski definition) is 1. The Kier molecular flexibility index (Phi) is 6.24. The molecular weight excluding hydrogens is 308 g/mol. The molecule has 3 nitrogen and oxygen atoms in total. The first-order chi connectivity index (χ1) is 12.2. The number of quaternary nitrogens is 1. The molecule has 3 heteroatoms. The van der Waals surface area contributed by atoms with Crippen molar-refractivity contribution in [1.82, 2.24) is 0 Å². The van der Waals surface area contributed by atoms with E-state index in [1.54, 1.807) is 4.90 Å². The highest BCUT2D eigenvalue weighted by Gasteiger charge is 2.16. The number of rotatable bonds is 6. The van der Waals surface area contributed by atoms with Crippen molar-refractivity contribution in [2.75, 3.05) is 19.7 Å². The molecule has 0 saturated carbocycles. The molecule has 0 amide bonds. The lowest BCUT2D eigenvalue weighted by Crippen LogP contribution is -3.11. The van der Waals surface area contributed by atoms with E-state index in [4.69, 9.17) is 4.74 Å². The number of ether oxygens (including phenoxy) is 1. The smallest absolute Gasteiger partial charge is 0.169 e. The average molecular weight is 338 g/mol. The second-order valence-electron chi connectivity index (χ2n) is 6.92. The first-order valence-electron chi connectivity index (χ1n) is 9.47. The number of benzene rings is 1. The Hall–Kier alpha value is -2.13. The van der Waals surface area contributed by atoms with Gasteiger partial charge >= 0.3 is 0 Å². The summed E-state index contributed by atoms with van der Waals surface area (Å²) in [6.45, 7) is 6.41. The molecule has 0 atom stereocenters. The number of pyridine rings is 1. The lowest BCUT2D eigenvalue weighted by molar-refractivity contribution is -0.918. The van der Waals surface area contributed by atoms with Crippen molar-refractivity contribution in [3.8, 4) is 5.75 Å². The summed E-state index contributed by atoms with van der Waals surface area (Å²) in [7, 11) is 2.04. The van der Waals surface area contributed by atoms with Crippen molar-refractivity contribution in [2.24, 2.45) is 7.05 Å². The van der Waals surface area contributed by atoms with Crippen LogP contribution in [0.15, 0.2) is 42.7 Å². The molecule has 0 aliphatic carbocycles. The van der Waals surface area contributed by atoms with E-state index in [2.05, 4.69) is 61.8 Å². The molecule has 1 aliphatic rings. The zero-order valence-corrected chi connectivity index (χ0v) is 15.5. The summed E-state index contributed by atoms with van der Waals surface area (Å²) in [4.78, 5) is 1.68. The standard InChI is InChI=1S/C22H29N2O/c1-3-25-22-10-9-20(8-7-19-11-15-23(2)16-12-19)17-21(22)18-24-13-5-4-6-14-24/h7-12,15-17H,3-6,13-14,18H2,1-2H3/q+1/p+1/b8-7+. The minimum atomic E-state index is 0.721. The predicted molar refractivity (Wildman–Crippen MR) is 102 cm³/mol. The summed E-state index contributed by atoms with van der Waals surface area (Å²) in [5.41, 5.74) is 3.79. The summed E-state index contributed by atoms with van der Waals surface area (Å²) >= 11 is 0. The number of nitrogens with zero attached hydrogens (tertiary/aromatic N) is 1. The van der Waals surface area contributed by atoms with E-state index < -0.39 is 0 Å². The highest BCUT2D eigenvalue weighted by atomic mass is 16.5. The molecule has 25 heavy (non-hydrogen) atoms. The maximum atomic E-state index is 5.87. The van der Waals surface area contributed by atoms with Crippen molar-refractivity contribution in [2.45, 2.75) is 32.7 Å². The Labute approximate surface area is 151 Å². The van der Waals surface area contributed by atoms with Crippen LogP contribution >= 0.6 is 0 Å². The van der Waals surface area contributed by atoms with Crippen LogP contribution in [0.1, 0.15) is 42.9 Å². The van der Waals surface area contributed by atoms with Gasteiger partial charge in [0.2, 0.25) is 0 Å².